The van der Waals surface area contributed by atoms with Gasteiger partial charge in [0.15, 0.2) is 0 Å². The SMILES string of the molecule is CP(C)(=O)c1cccc(CC(N)C(=O)O)c1. The van der Waals surface area contributed by atoms with Crippen molar-refractivity contribution in [2.24, 2.45) is 5.73 Å². The zero-order chi connectivity index (χ0) is 12.3. The number of aliphatic carboxylic acids is 1. The Morgan fingerprint density at radius 2 is 2.12 bits per heavy atom. The van der Waals surface area contributed by atoms with Gasteiger partial charge in [-0.25, -0.2) is 0 Å². The molecule has 1 rings (SSSR count). The Hall–Kier alpha value is -1.12. The van der Waals surface area contributed by atoms with Gasteiger partial charge < -0.3 is 15.4 Å². The fraction of sp³-hybridized carbons (Fsp3) is 0.364. The molecule has 0 fully saturated rings. The third kappa shape index (κ3) is 3.47. The van der Waals surface area contributed by atoms with E-state index in [0.717, 1.165) is 10.9 Å². The summed E-state index contributed by atoms with van der Waals surface area (Å²) < 4.78 is 11.8. The minimum absolute atomic E-state index is 0.253. The van der Waals surface area contributed by atoms with E-state index in [0.29, 0.717) is 0 Å². The van der Waals surface area contributed by atoms with E-state index in [4.69, 9.17) is 10.8 Å². The van der Waals surface area contributed by atoms with Crippen molar-refractivity contribution >= 4 is 18.4 Å². The van der Waals surface area contributed by atoms with Gasteiger partial charge in [-0.05, 0) is 31.4 Å². The van der Waals surface area contributed by atoms with Crippen LogP contribution >= 0.6 is 7.14 Å². The van der Waals surface area contributed by atoms with E-state index >= 15 is 0 Å². The van der Waals surface area contributed by atoms with E-state index in [-0.39, 0.29) is 6.42 Å². The lowest BCUT2D eigenvalue weighted by atomic mass is 10.1. The predicted octanol–water partition coefficient (Wildman–Crippen LogP) is 0.889. The predicted molar refractivity (Wildman–Crippen MR) is 64.8 cm³/mol. The molecule has 0 aliphatic carbocycles. The van der Waals surface area contributed by atoms with Crippen molar-refractivity contribution in [3.05, 3.63) is 29.8 Å². The normalized spacial score (nSPS) is 13.4. The smallest absolute Gasteiger partial charge is 0.320 e. The Kier molecular flexibility index (Phi) is 3.89. The third-order valence-electron chi connectivity index (χ3n) is 2.31. The Bertz CT molecular complexity index is 439. The summed E-state index contributed by atoms with van der Waals surface area (Å²) in [5.41, 5.74) is 6.24. The largest absolute Gasteiger partial charge is 0.480 e. The molecule has 16 heavy (non-hydrogen) atoms. The van der Waals surface area contributed by atoms with Gasteiger partial charge in [-0.1, -0.05) is 18.2 Å². The maximum atomic E-state index is 11.8. The van der Waals surface area contributed by atoms with E-state index in [9.17, 15) is 9.36 Å². The third-order valence-corrected chi connectivity index (χ3v) is 3.83. The first kappa shape index (κ1) is 12.9. The fourth-order valence-electron chi connectivity index (χ4n) is 1.36. The molecule has 0 saturated carbocycles. The van der Waals surface area contributed by atoms with Crippen molar-refractivity contribution in [3.63, 3.8) is 0 Å². The summed E-state index contributed by atoms with van der Waals surface area (Å²) in [4.78, 5) is 10.6. The average Bonchev–Trinajstić information content (AvgIpc) is 2.16. The molecule has 0 amide bonds. The summed E-state index contributed by atoms with van der Waals surface area (Å²) in [5.74, 6) is -1.03. The van der Waals surface area contributed by atoms with Crippen LogP contribution in [0.5, 0.6) is 0 Å². The van der Waals surface area contributed by atoms with Crippen LogP contribution in [0.2, 0.25) is 0 Å². The first-order valence-corrected chi connectivity index (χ1v) is 7.53. The van der Waals surface area contributed by atoms with Crippen LogP contribution in [0.1, 0.15) is 5.56 Å². The molecule has 0 saturated heterocycles. The van der Waals surface area contributed by atoms with Gasteiger partial charge in [0, 0.05) is 5.30 Å². The maximum Gasteiger partial charge on any atom is 0.320 e. The van der Waals surface area contributed by atoms with E-state index in [1.807, 2.05) is 0 Å². The maximum absolute atomic E-state index is 11.8. The van der Waals surface area contributed by atoms with E-state index < -0.39 is 19.2 Å². The highest BCUT2D eigenvalue weighted by Gasteiger charge is 2.15. The molecule has 3 N–H and O–H groups in total. The number of carbonyl (C=O) groups is 1. The summed E-state index contributed by atoms with van der Waals surface area (Å²) in [5, 5.41) is 9.45. The van der Waals surface area contributed by atoms with Gasteiger partial charge in [-0.3, -0.25) is 4.79 Å². The zero-order valence-electron chi connectivity index (χ0n) is 9.38. The number of carboxylic acid groups (broad SMARTS) is 1. The molecule has 0 aliphatic rings. The molecule has 0 aliphatic heterocycles. The van der Waals surface area contributed by atoms with Crippen LogP contribution in [0.15, 0.2) is 24.3 Å². The Morgan fingerprint density at radius 3 is 2.62 bits per heavy atom. The van der Waals surface area contributed by atoms with Crippen LogP contribution in [0.25, 0.3) is 0 Å². The van der Waals surface area contributed by atoms with E-state index in [1.165, 1.54) is 0 Å². The van der Waals surface area contributed by atoms with Crippen LogP contribution in [-0.2, 0) is 15.8 Å². The minimum atomic E-state index is -2.30. The summed E-state index contributed by atoms with van der Waals surface area (Å²) in [7, 11) is -2.30. The summed E-state index contributed by atoms with van der Waals surface area (Å²) in [6, 6.07) is 6.21. The van der Waals surface area contributed by atoms with Gasteiger partial charge in [0.05, 0.1) is 0 Å². The molecule has 0 aromatic heterocycles. The molecule has 0 spiro atoms. The van der Waals surface area contributed by atoms with E-state index in [2.05, 4.69) is 0 Å². The van der Waals surface area contributed by atoms with Crippen LogP contribution in [0.3, 0.4) is 0 Å². The van der Waals surface area contributed by atoms with Crippen molar-refractivity contribution in [2.45, 2.75) is 12.5 Å². The number of hydrogen-bond acceptors (Lipinski definition) is 3. The molecule has 1 aromatic carbocycles. The van der Waals surface area contributed by atoms with Crippen molar-refractivity contribution in [3.8, 4) is 0 Å². The van der Waals surface area contributed by atoms with Gasteiger partial charge >= 0.3 is 5.97 Å². The molecule has 1 atom stereocenters. The molecular weight excluding hydrogens is 225 g/mol. The first-order valence-electron chi connectivity index (χ1n) is 4.93. The summed E-state index contributed by atoms with van der Waals surface area (Å²) >= 11 is 0. The lowest BCUT2D eigenvalue weighted by molar-refractivity contribution is -0.138. The number of hydrogen-bond donors (Lipinski definition) is 2. The lowest BCUT2D eigenvalue weighted by Gasteiger charge is -2.10. The van der Waals surface area contributed by atoms with Gasteiger partial charge in [-0.2, -0.15) is 0 Å². The molecular formula is C11H16NO3P. The fourth-order valence-corrected chi connectivity index (χ4v) is 2.28. The molecule has 1 aromatic rings. The highest BCUT2D eigenvalue weighted by molar-refractivity contribution is 7.70. The van der Waals surface area contributed by atoms with Crippen LogP contribution in [-0.4, -0.2) is 30.4 Å². The van der Waals surface area contributed by atoms with Gasteiger partial charge in [0.2, 0.25) is 0 Å². The highest BCUT2D eigenvalue weighted by Crippen LogP contribution is 2.34. The second-order valence-corrected chi connectivity index (χ2v) is 7.39. The number of benzene rings is 1. The lowest BCUT2D eigenvalue weighted by Crippen LogP contribution is -2.32. The summed E-state index contributed by atoms with van der Waals surface area (Å²) in [6.07, 6.45) is 0.253. The van der Waals surface area contributed by atoms with Crippen LogP contribution < -0.4 is 11.0 Å². The van der Waals surface area contributed by atoms with Crippen LogP contribution in [0.4, 0.5) is 0 Å². The first-order chi connectivity index (χ1) is 7.30. The Morgan fingerprint density at radius 1 is 1.50 bits per heavy atom. The Balaban J connectivity index is 2.92. The molecule has 88 valence electrons. The molecule has 0 heterocycles. The standard InChI is InChI=1S/C11H16NO3P/c1-16(2,15)9-5-3-4-8(6-9)7-10(12)11(13)14/h3-6,10H,7,12H2,1-2H3,(H,13,14). The average molecular weight is 241 g/mol. The van der Waals surface area contributed by atoms with Crippen LogP contribution in [0, 0.1) is 0 Å². The zero-order valence-corrected chi connectivity index (χ0v) is 10.3. The molecule has 5 heteroatoms. The second-order valence-electron chi connectivity index (χ2n) is 4.17. The monoisotopic (exact) mass is 241 g/mol. The van der Waals surface area contributed by atoms with Gasteiger partial charge in [0.1, 0.15) is 13.2 Å². The van der Waals surface area contributed by atoms with Gasteiger partial charge in [0.25, 0.3) is 0 Å². The topological polar surface area (TPSA) is 80.4 Å². The highest BCUT2D eigenvalue weighted by atomic mass is 31.2. The van der Waals surface area contributed by atoms with Crippen molar-refractivity contribution in [1.29, 1.82) is 0 Å². The quantitative estimate of drug-likeness (QED) is 0.767. The molecule has 0 radical (unpaired) electrons. The molecule has 0 bridgehead atoms. The Labute approximate surface area is 94.8 Å². The number of carboxylic acids is 1. The minimum Gasteiger partial charge on any atom is -0.480 e. The van der Waals surface area contributed by atoms with Gasteiger partial charge in [-0.15, -0.1) is 0 Å². The number of nitrogens with two attached hydrogens (primary N) is 1. The summed E-state index contributed by atoms with van der Waals surface area (Å²) in [6.45, 7) is 3.37. The van der Waals surface area contributed by atoms with Crippen molar-refractivity contribution < 1.29 is 14.5 Å². The molecule has 1 unspecified atom stereocenters. The van der Waals surface area contributed by atoms with Crippen molar-refractivity contribution in [1.82, 2.24) is 0 Å². The van der Waals surface area contributed by atoms with E-state index in [1.54, 1.807) is 37.6 Å². The molecule has 4 nitrogen and oxygen atoms in total. The van der Waals surface area contributed by atoms with Crippen molar-refractivity contribution in [2.75, 3.05) is 13.3 Å². The number of rotatable bonds is 4. The second kappa shape index (κ2) is 4.81.